The van der Waals surface area contributed by atoms with E-state index in [-0.39, 0.29) is 11.5 Å². The number of benzene rings is 1. The minimum atomic E-state index is -3.72. The summed E-state index contributed by atoms with van der Waals surface area (Å²) in [6.45, 7) is 11.5. The lowest BCUT2D eigenvalue weighted by molar-refractivity contribution is -0.117. The van der Waals surface area contributed by atoms with Crippen LogP contribution in [0.4, 0.5) is 0 Å². The van der Waals surface area contributed by atoms with Gasteiger partial charge in [-0.2, -0.15) is 8.42 Å². The molecule has 0 spiro atoms. The maximum atomic E-state index is 13.1. The Balaban J connectivity index is 1.27. The average Bonchev–Trinajstić information content (AvgIpc) is 3.15. The van der Waals surface area contributed by atoms with Gasteiger partial charge in [0.05, 0.1) is 11.0 Å². The van der Waals surface area contributed by atoms with Crippen molar-refractivity contribution >= 4 is 10.1 Å². The summed E-state index contributed by atoms with van der Waals surface area (Å²) in [7, 11) is -3.72. The zero-order valence-electron chi connectivity index (χ0n) is 21.4. The number of hydrogen-bond donors (Lipinski definition) is 0. The normalized spacial score (nSPS) is 41.2. The highest BCUT2D eigenvalue weighted by Crippen LogP contribution is 2.66. The first-order valence-corrected chi connectivity index (χ1v) is 14.9. The molecule has 1 aromatic rings. The fourth-order valence-corrected chi connectivity index (χ4v) is 9.77. The molecule has 0 saturated heterocycles. The van der Waals surface area contributed by atoms with Crippen LogP contribution in [0.3, 0.4) is 0 Å². The summed E-state index contributed by atoms with van der Waals surface area (Å²) in [5.74, 6) is 3.26. The Bertz CT molecular complexity index is 975. The highest BCUT2D eigenvalue weighted by Gasteiger charge is 2.58. The molecule has 0 aromatic heterocycles. The SMILES string of the molecule is CC(C)(C)c1ccc(S(=O)(=O)O[C@H]2CC[C@@]3(C)[C@@H](CC[C@H]4[C@@H]5CCC[C@@]5(C)CC[C@@H]43)C2)cc1. The third kappa shape index (κ3) is 4.11. The summed E-state index contributed by atoms with van der Waals surface area (Å²) in [4.78, 5) is 0.292. The van der Waals surface area contributed by atoms with Crippen molar-refractivity contribution < 1.29 is 12.6 Å². The van der Waals surface area contributed by atoms with Gasteiger partial charge in [0.25, 0.3) is 10.1 Å². The third-order valence-corrected chi connectivity index (χ3v) is 12.0. The van der Waals surface area contributed by atoms with Gasteiger partial charge >= 0.3 is 0 Å². The van der Waals surface area contributed by atoms with Crippen LogP contribution in [0.5, 0.6) is 0 Å². The molecule has 0 unspecified atom stereocenters. The van der Waals surface area contributed by atoms with Gasteiger partial charge in [-0.25, -0.2) is 0 Å². The zero-order chi connectivity index (χ0) is 23.6. The minimum Gasteiger partial charge on any atom is -0.263 e. The Morgan fingerprint density at radius 2 is 1.61 bits per heavy atom. The predicted molar refractivity (Wildman–Crippen MR) is 134 cm³/mol. The van der Waals surface area contributed by atoms with Crippen LogP contribution in [0.1, 0.15) is 104 Å². The van der Waals surface area contributed by atoms with Gasteiger partial charge in [-0.15, -0.1) is 0 Å². The Hall–Kier alpha value is -0.870. The van der Waals surface area contributed by atoms with Crippen LogP contribution >= 0.6 is 0 Å². The van der Waals surface area contributed by atoms with Crippen molar-refractivity contribution in [1.82, 2.24) is 0 Å². The lowest BCUT2D eigenvalue weighted by Crippen LogP contribution is -2.53. The standard InChI is InChI=1S/C29H44O3S/c1-27(2,3)20-8-11-23(12-9-20)33(30,31)32-22-14-18-29(5)21(19-22)10-13-24-25-7-6-16-28(25,4)17-15-26(24)29/h8-9,11-12,21-22,24-26H,6-7,10,13-19H2,1-5H3/t21-,22-,24-,25-,26-,28-,29-/m0/s1. The minimum absolute atomic E-state index is 0.00483. The maximum absolute atomic E-state index is 13.1. The summed E-state index contributed by atoms with van der Waals surface area (Å²) >= 11 is 0. The lowest BCUT2D eigenvalue weighted by Gasteiger charge is -2.60. The molecule has 184 valence electrons. The molecule has 4 heteroatoms. The van der Waals surface area contributed by atoms with E-state index in [4.69, 9.17) is 4.18 Å². The Morgan fingerprint density at radius 1 is 0.879 bits per heavy atom. The van der Waals surface area contributed by atoms with Crippen LogP contribution in [-0.4, -0.2) is 14.5 Å². The second-order valence-corrected chi connectivity index (χ2v) is 15.0. The molecule has 4 aliphatic rings. The first-order valence-electron chi connectivity index (χ1n) is 13.5. The van der Waals surface area contributed by atoms with Gasteiger partial charge in [-0.1, -0.05) is 53.2 Å². The molecule has 5 rings (SSSR count). The first kappa shape index (κ1) is 23.9. The maximum Gasteiger partial charge on any atom is 0.297 e. The molecule has 0 radical (unpaired) electrons. The van der Waals surface area contributed by atoms with E-state index in [1.807, 2.05) is 12.1 Å². The van der Waals surface area contributed by atoms with Crippen LogP contribution in [0, 0.1) is 34.5 Å². The van der Waals surface area contributed by atoms with E-state index >= 15 is 0 Å². The van der Waals surface area contributed by atoms with E-state index in [9.17, 15) is 8.42 Å². The topological polar surface area (TPSA) is 43.4 Å². The summed E-state index contributed by atoms with van der Waals surface area (Å²) in [5, 5.41) is 0. The number of hydrogen-bond acceptors (Lipinski definition) is 3. The average molecular weight is 473 g/mol. The van der Waals surface area contributed by atoms with E-state index in [1.165, 1.54) is 44.9 Å². The zero-order valence-corrected chi connectivity index (χ0v) is 22.2. The second kappa shape index (κ2) is 8.08. The molecule has 1 aromatic carbocycles. The summed E-state index contributed by atoms with van der Waals surface area (Å²) in [6.07, 6.45) is 12.4. The molecule has 0 amide bonds. The van der Waals surface area contributed by atoms with Gasteiger partial charge in [0.1, 0.15) is 0 Å². The first-order chi connectivity index (χ1) is 15.4. The van der Waals surface area contributed by atoms with Crippen molar-refractivity contribution in [3.8, 4) is 0 Å². The summed E-state index contributed by atoms with van der Waals surface area (Å²) in [5.41, 5.74) is 2.11. The van der Waals surface area contributed by atoms with Crippen LogP contribution in [0.2, 0.25) is 0 Å². The lowest BCUT2D eigenvalue weighted by atomic mass is 9.45. The molecule has 3 nitrogen and oxygen atoms in total. The molecule has 0 heterocycles. The molecule has 0 aliphatic heterocycles. The van der Waals surface area contributed by atoms with Crippen molar-refractivity contribution in [3.63, 3.8) is 0 Å². The summed E-state index contributed by atoms with van der Waals surface area (Å²) < 4.78 is 32.0. The Kier molecular flexibility index (Phi) is 5.84. The van der Waals surface area contributed by atoms with Crippen LogP contribution in [0.15, 0.2) is 29.2 Å². The van der Waals surface area contributed by atoms with Crippen molar-refractivity contribution in [3.05, 3.63) is 29.8 Å². The van der Waals surface area contributed by atoms with Crippen molar-refractivity contribution in [1.29, 1.82) is 0 Å². The summed E-state index contributed by atoms with van der Waals surface area (Å²) in [6, 6.07) is 7.29. The van der Waals surface area contributed by atoms with Gasteiger partial charge in [-0.3, -0.25) is 4.18 Å². The highest BCUT2D eigenvalue weighted by atomic mass is 32.2. The molecule has 4 aliphatic carbocycles. The number of rotatable bonds is 3. The fraction of sp³-hybridized carbons (Fsp3) is 0.793. The monoisotopic (exact) mass is 472 g/mol. The highest BCUT2D eigenvalue weighted by molar-refractivity contribution is 7.86. The van der Waals surface area contributed by atoms with Crippen molar-refractivity contribution in [2.24, 2.45) is 34.5 Å². The van der Waals surface area contributed by atoms with Crippen LogP contribution < -0.4 is 0 Å². The van der Waals surface area contributed by atoms with Crippen molar-refractivity contribution in [2.45, 2.75) is 115 Å². The second-order valence-electron chi connectivity index (χ2n) is 13.5. The predicted octanol–water partition coefficient (Wildman–Crippen LogP) is 7.49. The van der Waals surface area contributed by atoms with Crippen LogP contribution in [-0.2, 0) is 19.7 Å². The molecule has 0 N–H and O–H groups in total. The largest absolute Gasteiger partial charge is 0.297 e. The van der Waals surface area contributed by atoms with Crippen molar-refractivity contribution in [2.75, 3.05) is 0 Å². The van der Waals surface area contributed by atoms with Gasteiger partial charge in [0.2, 0.25) is 0 Å². The Morgan fingerprint density at radius 3 is 2.30 bits per heavy atom. The van der Waals surface area contributed by atoms with Gasteiger partial charge in [0, 0.05) is 0 Å². The molecule has 4 saturated carbocycles. The Labute approximate surface area is 202 Å². The molecule has 7 atom stereocenters. The van der Waals surface area contributed by atoms with E-state index in [2.05, 4.69) is 34.6 Å². The van der Waals surface area contributed by atoms with Gasteiger partial charge < -0.3 is 0 Å². The van der Waals surface area contributed by atoms with Crippen LogP contribution in [0.25, 0.3) is 0 Å². The van der Waals surface area contributed by atoms with Gasteiger partial charge in [-0.05, 0) is 115 Å². The molecule has 0 bridgehead atoms. The van der Waals surface area contributed by atoms with E-state index < -0.39 is 10.1 Å². The smallest absolute Gasteiger partial charge is 0.263 e. The molecule has 33 heavy (non-hydrogen) atoms. The van der Waals surface area contributed by atoms with E-state index in [0.717, 1.165) is 42.6 Å². The molecular weight excluding hydrogens is 428 g/mol. The quantitative estimate of drug-likeness (QED) is 0.428. The third-order valence-electron chi connectivity index (χ3n) is 10.7. The fourth-order valence-electron chi connectivity index (χ4n) is 8.66. The van der Waals surface area contributed by atoms with Gasteiger partial charge in [0.15, 0.2) is 0 Å². The molecular formula is C29H44O3S. The number of fused-ring (bicyclic) bond motifs is 5. The van der Waals surface area contributed by atoms with E-state index in [0.29, 0.717) is 21.6 Å². The molecule has 4 fully saturated rings. The van der Waals surface area contributed by atoms with E-state index in [1.54, 1.807) is 12.1 Å².